The first kappa shape index (κ1) is 25.1. The Balaban J connectivity index is 0.00000392. The number of halogens is 1. The molecule has 1 saturated heterocycles. The third kappa shape index (κ3) is 7.45. The summed E-state index contributed by atoms with van der Waals surface area (Å²) in [5.74, 6) is 0.400. The van der Waals surface area contributed by atoms with Crippen LogP contribution in [0.2, 0.25) is 0 Å². The highest BCUT2D eigenvalue weighted by atomic mass is 127. The zero-order chi connectivity index (χ0) is 19.8. The van der Waals surface area contributed by atoms with E-state index in [9.17, 15) is 4.79 Å². The number of aliphatic imine (C=N–C) groups is 1. The Morgan fingerprint density at radius 2 is 2.25 bits per heavy atom. The monoisotopic (exact) mass is 525 g/mol. The first-order valence-corrected chi connectivity index (χ1v) is 10.3. The molecule has 0 saturated carbocycles. The van der Waals surface area contributed by atoms with E-state index in [1.165, 1.54) is 11.3 Å². The van der Waals surface area contributed by atoms with Crippen LogP contribution in [0.25, 0.3) is 0 Å². The lowest BCUT2D eigenvalue weighted by Gasteiger charge is -2.29. The Hall–Kier alpha value is -0.980. The summed E-state index contributed by atoms with van der Waals surface area (Å²) in [5, 5.41) is 7.44. The summed E-state index contributed by atoms with van der Waals surface area (Å²) in [4.78, 5) is 24.0. The van der Waals surface area contributed by atoms with Gasteiger partial charge in [-0.15, -0.1) is 35.3 Å². The number of aryl methyl sites for hydroxylation is 1. The fourth-order valence-electron chi connectivity index (χ4n) is 2.75. The van der Waals surface area contributed by atoms with Gasteiger partial charge in [-0.05, 0) is 34.7 Å². The number of thiazole rings is 1. The summed E-state index contributed by atoms with van der Waals surface area (Å²) < 4.78 is 10.9. The number of guanidine groups is 1. The van der Waals surface area contributed by atoms with Gasteiger partial charge in [0.05, 0.1) is 37.6 Å². The smallest absolute Gasteiger partial charge is 0.350 e. The normalized spacial score (nSPS) is 18.9. The molecule has 8 nitrogen and oxygen atoms in total. The van der Waals surface area contributed by atoms with E-state index < -0.39 is 0 Å². The van der Waals surface area contributed by atoms with Gasteiger partial charge < -0.3 is 25.0 Å². The van der Waals surface area contributed by atoms with Crippen LogP contribution in [0.3, 0.4) is 0 Å². The van der Waals surface area contributed by atoms with Gasteiger partial charge in [0, 0.05) is 19.6 Å². The fraction of sp³-hybridized carbons (Fsp3) is 0.722. The second-order valence-corrected chi connectivity index (χ2v) is 7.56. The minimum atomic E-state index is -0.315. The highest BCUT2D eigenvalue weighted by molar-refractivity contribution is 14.0. The molecule has 2 unspecified atom stereocenters. The summed E-state index contributed by atoms with van der Waals surface area (Å²) in [5.41, 5.74) is 0.697. The number of ether oxygens (including phenoxy) is 2. The van der Waals surface area contributed by atoms with Crippen LogP contribution in [0.15, 0.2) is 4.99 Å². The minimum absolute atomic E-state index is 0. The van der Waals surface area contributed by atoms with E-state index in [1.54, 1.807) is 6.92 Å². The molecular weight excluding hydrogens is 493 g/mol. The second kappa shape index (κ2) is 12.6. The van der Waals surface area contributed by atoms with Crippen LogP contribution in [0, 0.1) is 6.92 Å². The Bertz CT molecular complexity index is 655. The van der Waals surface area contributed by atoms with Crippen molar-refractivity contribution in [2.75, 3.05) is 46.4 Å². The van der Waals surface area contributed by atoms with Crippen molar-refractivity contribution in [2.24, 2.45) is 4.99 Å². The van der Waals surface area contributed by atoms with Crippen molar-refractivity contribution in [2.45, 2.75) is 39.8 Å². The van der Waals surface area contributed by atoms with Gasteiger partial charge in [-0.25, -0.2) is 9.78 Å². The van der Waals surface area contributed by atoms with Crippen LogP contribution in [0.1, 0.15) is 47.2 Å². The van der Waals surface area contributed by atoms with Gasteiger partial charge in [-0.1, -0.05) is 0 Å². The van der Waals surface area contributed by atoms with Gasteiger partial charge in [0.1, 0.15) is 9.88 Å². The molecule has 1 aliphatic rings. The van der Waals surface area contributed by atoms with Crippen LogP contribution in [-0.4, -0.2) is 74.4 Å². The number of rotatable bonds is 7. The van der Waals surface area contributed by atoms with Gasteiger partial charge in [0.25, 0.3) is 0 Å². The molecule has 1 aromatic heterocycles. The molecule has 0 radical (unpaired) electrons. The number of morpholine rings is 1. The van der Waals surface area contributed by atoms with Crippen molar-refractivity contribution in [1.82, 2.24) is 20.5 Å². The van der Waals surface area contributed by atoms with E-state index in [-0.39, 0.29) is 42.1 Å². The van der Waals surface area contributed by atoms with Crippen LogP contribution in [0.5, 0.6) is 0 Å². The van der Waals surface area contributed by atoms with Gasteiger partial charge >= 0.3 is 5.97 Å². The summed E-state index contributed by atoms with van der Waals surface area (Å²) >= 11 is 1.36. The topological polar surface area (TPSA) is 88.1 Å². The summed E-state index contributed by atoms with van der Waals surface area (Å²) in [7, 11) is 2.09. The molecule has 160 valence electrons. The Morgan fingerprint density at radius 1 is 1.50 bits per heavy atom. The Morgan fingerprint density at radius 3 is 2.89 bits per heavy atom. The average Bonchev–Trinajstić information content (AvgIpc) is 3.02. The zero-order valence-electron chi connectivity index (χ0n) is 17.3. The van der Waals surface area contributed by atoms with Crippen molar-refractivity contribution in [3.8, 4) is 0 Å². The molecule has 0 aliphatic carbocycles. The predicted octanol–water partition coefficient (Wildman–Crippen LogP) is 2.19. The SMILES string of the molecule is CCNC(=NCC1CN(C)CCO1)NC(C)c1nc(C)c(C(=O)OCC)s1.I. The lowest BCUT2D eigenvalue weighted by Crippen LogP contribution is -2.43. The number of carbonyl (C=O) groups is 1. The number of carbonyl (C=O) groups excluding carboxylic acids is 1. The van der Waals surface area contributed by atoms with E-state index in [0.717, 1.165) is 31.2 Å². The number of esters is 1. The van der Waals surface area contributed by atoms with E-state index >= 15 is 0 Å². The fourth-order valence-corrected chi connectivity index (χ4v) is 3.71. The van der Waals surface area contributed by atoms with E-state index in [1.807, 2.05) is 20.8 Å². The summed E-state index contributed by atoms with van der Waals surface area (Å²) in [6.07, 6.45) is 0.104. The molecule has 2 heterocycles. The third-order valence-electron chi connectivity index (χ3n) is 4.14. The van der Waals surface area contributed by atoms with Crippen molar-refractivity contribution in [1.29, 1.82) is 0 Å². The summed E-state index contributed by atoms with van der Waals surface area (Å²) in [6, 6.07) is -0.0791. The van der Waals surface area contributed by atoms with E-state index in [4.69, 9.17) is 9.47 Å². The van der Waals surface area contributed by atoms with E-state index in [2.05, 4.69) is 32.6 Å². The lowest BCUT2D eigenvalue weighted by atomic mass is 10.3. The minimum Gasteiger partial charge on any atom is -0.462 e. The van der Waals surface area contributed by atoms with E-state index in [0.29, 0.717) is 29.7 Å². The maximum absolute atomic E-state index is 12.0. The zero-order valence-corrected chi connectivity index (χ0v) is 20.4. The number of hydrogen-bond acceptors (Lipinski definition) is 7. The number of nitrogens with zero attached hydrogens (tertiary/aromatic N) is 3. The number of likely N-dealkylation sites (N-methyl/N-ethyl adjacent to an activating group) is 1. The van der Waals surface area contributed by atoms with Crippen molar-refractivity contribution >= 4 is 47.2 Å². The summed E-state index contributed by atoms with van der Waals surface area (Å²) in [6.45, 7) is 12.0. The molecule has 0 amide bonds. The van der Waals surface area contributed by atoms with Crippen molar-refractivity contribution in [3.05, 3.63) is 15.6 Å². The standard InChI is InChI=1S/C18H31N5O3S.HI/c1-6-19-18(20-10-14-11-23(5)8-9-26-14)22-13(4)16-21-12(3)15(27-16)17(24)25-7-2;/h13-14H,6-11H2,1-5H3,(H2,19,20,22);1H. The molecular formula is C18H32IN5O3S. The van der Waals surface area contributed by atoms with Gasteiger partial charge in [0.2, 0.25) is 0 Å². The molecule has 0 bridgehead atoms. The largest absolute Gasteiger partial charge is 0.462 e. The molecule has 0 aromatic carbocycles. The third-order valence-corrected chi connectivity index (χ3v) is 5.46. The molecule has 10 heteroatoms. The molecule has 0 spiro atoms. The van der Waals surface area contributed by atoms with Crippen LogP contribution in [-0.2, 0) is 9.47 Å². The molecule has 28 heavy (non-hydrogen) atoms. The van der Waals surface area contributed by atoms with Crippen molar-refractivity contribution < 1.29 is 14.3 Å². The van der Waals surface area contributed by atoms with Gasteiger partial charge in [-0.2, -0.15) is 0 Å². The lowest BCUT2D eigenvalue weighted by molar-refractivity contribution is -0.0136. The molecule has 1 fully saturated rings. The van der Waals surface area contributed by atoms with Gasteiger partial charge in [0.15, 0.2) is 5.96 Å². The van der Waals surface area contributed by atoms with Crippen LogP contribution < -0.4 is 10.6 Å². The Labute approximate surface area is 188 Å². The van der Waals surface area contributed by atoms with Crippen LogP contribution in [0.4, 0.5) is 0 Å². The predicted molar refractivity (Wildman–Crippen MR) is 123 cm³/mol. The first-order valence-electron chi connectivity index (χ1n) is 9.44. The second-order valence-electron chi connectivity index (χ2n) is 6.53. The molecule has 1 aliphatic heterocycles. The van der Waals surface area contributed by atoms with Crippen LogP contribution >= 0.6 is 35.3 Å². The molecule has 2 rings (SSSR count). The maximum atomic E-state index is 12.0. The number of nitrogens with one attached hydrogen (secondary N) is 2. The first-order chi connectivity index (χ1) is 12.9. The Kier molecular flexibility index (Phi) is 11.2. The molecule has 2 atom stereocenters. The average molecular weight is 525 g/mol. The number of hydrogen-bond donors (Lipinski definition) is 2. The quantitative estimate of drug-likeness (QED) is 0.244. The number of aromatic nitrogens is 1. The highest BCUT2D eigenvalue weighted by Gasteiger charge is 2.21. The van der Waals surface area contributed by atoms with Gasteiger partial charge in [-0.3, -0.25) is 4.99 Å². The molecule has 1 aromatic rings. The highest BCUT2D eigenvalue weighted by Crippen LogP contribution is 2.24. The van der Waals surface area contributed by atoms with Crippen molar-refractivity contribution in [3.63, 3.8) is 0 Å². The molecule has 2 N–H and O–H groups in total. The maximum Gasteiger partial charge on any atom is 0.350 e.